The number of benzene rings is 1. The minimum Gasteiger partial charge on any atom is -0.378 e. The Bertz CT molecular complexity index is 326. The largest absolute Gasteiger partial charge is 0.378 e. The molecule has 1 fully saturated rings. The van der Waals surface area contributed by atoms with Crippen LogP contribution in [-0.4, -0.2) is 19.8 Å². The quantitative estimate of drug-likeness (QED) is 0.800. The van der Waals surface area contributed by atoms with Crippen LogP contribution in [-0.2, 0) is 4.74 Å². The van der Waals surface area contributed by atoms with Gasteiger partial charge >= 0.3 is 0 Å². The van der Waals surface area contributed by atoms with Gasteiger partial charge < -0.3 is 10.1 Å². The van der Waals surface area contributed by atoms with Gasteiger partial charge in [-0.3, -0.25) is 0 Å². The average molecular weight is 232 g/mol. The Morgan fingerprint density at radius 2 is 2.27 bits per heavy atom. The summed E-state index contributed by atoms with van der Waals surface area (Å²) in [5, 5.41) is 3.31. The Labute approximate surface area is 95.2 Å². The molecule has 1 aliphatic rings. The summed E-state index contributed by atoms with van der Waals surface area (Å²) in [5.41, 5.74) is 2.11. The Balaban J connectivity index is 0.00000112. The fourth-order valence-corrected chi connectivity index (χ4v) is 1.75. The Morgan fingerprint density at radius 3 is 2.93 bits per heavy atom. The van der Waals surface area contributed by atoms with Gasteiger partial charge in [-0.1, -0.05) is 6.07 Å². The van der Waals surface area contributed by atoms with Crippen LogP contribution < -0.4 is 5.32 Å². The summed E-state index contributed by atoms with van der Waals surface area (Å²) in [6.07, 6.45) is 0. The highest BCUT2D eigenvalue weighted by Crippen LogP contribution is 2.20. The van der Waals surface area contributed by atoms with Crippen LogP contribution in [0.15, 0.2) is 18.2 Å². The highest BCUT2D eigenvalue weighted by atomic mass is 35.5. The molecular formula is C11H15ClFNO. The van der Waals surface area contributed by atoms with E-state index in [9.17, 15) is 4.39 Å². The first-order chi connectivity index (χ1) is 6.77. The van der Waals surface area contributed by atoms with E-state index in [4.69, 9.17) is 4.74 Å². The number of nitrogens with one attached hydrogen (secondary N) is 1. The molecule has 1 aromatic rings. The molecule has 0 aromatic heterocycles. The minimum atomic E-state index is -0.182. The maximum atomic E-state index is 13.0. The number of halogens is 2. The SMILES string of the molecule is Cc1ccc(F)cc1[C@@H]1COCCN1.Cl. The summed E-state index contributed by atoms with van der Waals surface area (Å²) in [6, 6.07) is 5.02. The van der Waals surface area contributed by atoms with Gasteiger partial charge in [0.25, 0.3) is 0 Å². The van der Waals surface area contributed by atoms with E-state index in [2.05, 4.69) is 5.32 Å². The molecule has 4 heteroatoms. The van der Waals surface area contributed by atoms with Gasteiger partial charge in [-0.2, -0.15) is 0 Å². The van der Waals surface area contributed by atoms with Crippen molar-refractivity contribution in [2.24, 2.45) is 0 Å². The standard InChI is InChI=1S/C11H14FNO.ClH/c1-8-2-3-9(12)6-10(8)11-7-14-5-4-13-11;/h2-3,6,11,13H,4-5,7H2,1H3;1H/t11-;/m0./s1. The molecule has 0 unspecified atom stereocenters. The zero-order valence-electron chi connectivity index (χ0n) is 8.63. The molecule has 0 bridgehead atoms. The van der Waals surface area contributed by atoms with Crippen molar-refractivity contribution in [1.29, 1.82) is 0 Å². The van der Waals surface area contributed by atoms with Gasteiger partial charge in [0.1, 0.15) is 5.82 Å². The first kappa shape index (κ1) is 12.4. The van der Waals surface area contributed by atoms with E-state index in [1.165, 1.54) is 6.07 Å². The average Bonchev–Trinajstić information content (AvgIpc) is 2.23. The molecule has 0 spiro atoms. The lowest BCUT2D eigenvalue weighted by Crippen LogP contribution is -2.35. The van der Waals surface area contributed by atoms with E-state index in [1.807, 2.05) is 6.92 Å². The van der Waals surface area contributed by atoms with Crippen LogP contribution in [0.4, 0.5) is 4.39 Å². The van der Waals surface area contributed by atoms with Gasteiger partial charge in [0.2, 0.25) is 0 Å². The predicted molar refractivity (Wildman–Crippen MR) is 59.9 cm³/mol. The first-order valence-electron chi connectivity index (χ1n) is 4.84. The molecule has 1 saturated heterocycles. The summed E-state index contributed by atoms with van der Waals surface area (Å²) >= 11 is 0. The van der Waals surface area contributed by atoms with E-state index >= 15 is 0 Å². The van der Waals surface area contributed by atoms with Crippen LogP contribution in [0.25, 0.3) is 0 Å². The number of rotatable bonds is 1. The second kappa shape index (κ2) is 5.45. The monoisotopic (exact) mass is 231 g/mol. The lowest BCUT2D eigenvalue weighted by molar-refractivity contribution is 0.0766. The molecule has 1 aromatic carbocycles. The zero-order valence-corrected chi connectivity index (χ0v) is 9.44. The Kier molecular flexibility index (Phi) is 4.51. The van der Waals surface area contributed by atoms with Crippen LogP contribution in [0.3, 0.4) is 0 Å². The molecule has 1 heterocycles. The molecule has 2 nitrogen and oxygen atoms in total. The minimum absolute atomic E-state index is 0. The van der Waals surface area contributed by atoms with Gasteiger partial charge in [0, 0.05) is 6.54 Å². The summed E-state index contributed by atoms with van der Waals surface area (Å²) in [7, 11) is 0. The van der Waals surface area contributed by atoms with Crippen molar-refractivity contribution in [2.75, 3.05) is 19.8 Å². The number of aryl methyl sites for hydroxylation is 1. The molecule has 1 N–H and O–H groups in total. The number of hydrogen-bond donors (Lipinski definition) is 1. The summed E-state index contributed by atoms with van der Waals surface area (Å²) in [5.74, 6) is -0.182. The van der Waals surface area contributed by atoms with Crippen LogP contribution in [0.5, 0.6) is 0 Å². The van der Waals surface area contributed by atoms with Crippen molar-refractivity contribution in [3.05, 3.63) is 35.1 Å². The molecular weight excluding hydrogens is 217 g/mol. The number of morpholine rings is 1. The van der Waals surface area contributed by atoms with Gasteiger partial charge in [-0.05, 0) is 30.2 Å². The third-order valence-corrected chi connectivity index (χ3v) is 2.54. The molecule has 84 valence electrons. The molecule has 0 saturated carbocycles. The van der Waals surface area contributed by atoms with Crippen LogP contribution in [0.2, 0.25) is 0 Å². The molecule has 2 rings (SSSR count). The molecule has 1 aliphatic heterocycles. The van der Waals surface area contributed by atoms with Gasteiger partial charge in [-0.15, -0.1) is 12.4 Å². The maximum Gasteiger partial charge on any atom is 0.123 e. The first-order valence-corrected chi connectivity index (χ1v) is 4.84. The topological polar surface area (TPSA) is 21.3 Å². The normalized spacial score (nSPS) is 20.8. The highest BCUT2D eigenvalue weighted by molar-refractivity contribution is 5.85. The van der Waals surface area contributed by atoms with Crippen molar-refractivity contribution < 1.29 is 9.13 Å². The molecule has 15 heavy (non-hydrogen) atoms. The summed E-state index contributed by atoms with van der Waals surface area (Å²) in [6.45, 7) is 4.20. The molecule has 1 atom stereocenters. The smallest absolute Gasteiger partial charge is 0.123 e. The summed E-state index contributed by atoms with van der Waals surface area (Å²) in [4.78, 5) is 0. The lowest BCUT2D eigenvalue weighted by Gasteiger charge is -2.25. The third kappa shape index (κ3) is 2.91. The van der Waals surface area contributed by atoms with Crippen molar-refractivity contribution in [2.45, 2.75) is 13.0 Å². The van der Waals surface area contributed by atoms with Crippen LogP contribution in [0, 0.1) is 12.7 Å². The van der Waals surface area contributed by atoms with E-state index in [0.717, 1.165) is 24.3 Å². The van der Waals surface area contributed by atoms with Crippen molar-refractivity contribution in [3.8, 4) is 0 Å². The predicted octanol–water partition coefficient (Wildman–Crippen LogP) is 2.22. The van der Waals surface area contributed by atoms with E-state index in [1.54, 1.807) is 12.1 Å². The Hall–Kier alpha value is -0.640. The van der Waals surface area contributed by atoms with Crippen LogP contribution in [0.1, 0.15) is 17.2 Å². The van der Waals surface area contributed by atoms with E-state index in [0.29, 0.717) is 6.61 Å². The van der Waals surface area contributed by atoms with Gasteiger partial charge in [0.05, 0.1) is 19.3 Å². The van der Waals surface area contributed by atoms with Gasteiger partial charge in [0.15, 0.2) is 0 Å². The van der Waals surface area contributed by atoms with Crippen molar-refractivity contribution in [1.82, 2.24) is 5.32 Å². The van der Waals surface area contributed by atoms with Gasteiger partial charge in [-0.25, -0.2) is 4.39 Å². The third-order valence-electron chi connectivity index (χ3n) is 2.54. The molecule has 0 amide bonds. The van der Waals surface area contributed by atoms with Crippen molar-refractivity contribution in [3.63, 3.8) is 0 Å². The lowest BCUT2D eigenvalue weighted by atomic mass is 10.0. The fraction of sp³-hybridized carbons (Fsp3) is 0.455. The number of ether oxygens (including phenoxy) is 1. The van der Waals surface area contributed by atoms with E-state index in [-0.39, 0.29) is 24.3 Å². The second-order valence-electron chi connectivity index (χ2n) is 3.58. The zero-order chi connectivity index (χ0) is 9.97. The van der Waals surface area contributed by atoms with Crippen molar-refractivity contribution >= 4 is 12.4 Å². The van der Waals surface area contributed by atoms with Crippen LogP contribution >= 0.6 is 12.4 Å². The maximum absolute atomic E-state index is 13.0. The highest BCUT2D eigenvalue weighted by Gasteiger charge is 2.17. The summed E-state index contributed by atoms with van der Waals surface area (Å²) < 4.78 is 18.4. The second-order valence-corrected chi connectivity index (χ2v) is 3.58. The molecule has 0 radical (unpaired) electrons. The number of hydrogen-bond acceptors (Lipinski definition) is 2. The van der Waals surface area contributed by atoms with E-state index < -0.39 is 0 Å². The molecule has 0 aliphatic carbocycles. The Morgan fingerprint density at radius 1 is 1.47 bits per heavy atom. The fourth-order valence-electron chi connectivity index (χ4n) is 1.75.